The Morgan fingerprint density at radius 2 is 1.13 bits per heavy atom. The Morgan fingerprint density at radius 3 is 1.47 bits per heavy atom. The third kappa shape index (κ3) is 4.44. The molecular formula is C8H16N2S5. The topological polar surface area (TPSA) is 6.48 Å². The smallest absolute Gasteiger partial charge is 0.100 e. The zero-order chi connectivity index (χ0) is 10.7. The molecule has 2 fully saturated rings. The highest BCUT2D eigenvalue weighted by Crippen LogP contribution is 2.47. The summed E-state index contributed by atoms with van der Waals surface area (Å²) in [7, 11) is 4.39. The molecule has 88 valence electrons. The number of rotatable bonds is 2. The number of hydrogen-bond donors (Lipinski definition) is 0. The standard InChI is InChI=1S/C8H16N2S5/c1-9-3-11-7(12-4-9)15-8-13-5-10(2)6-14-8/h7-8H,3-6H2,1-2H3. The molecular weight excluding hydrogens is 284 g/mol. The lowest BCUT2D eigenvalue weighted by atomic mass is 11.0. The van der Waals surface area contributed by atoms with Crippen LogP contribution in [0.15, 0.2) is 0 Å². The van der Waals surface area contributed by atoms with Crippen molar-refractivity contribution >= 4 is 58.8 Å². The maximum Gasteiger partial charge on any atom is 0.100 e. The summed E-state index contributed by atoms with van der Waals surface area (Å²) in [5, 5.41) is 0. The summed E-state index contributed by atoms with van der Waals surface area (Å²) in [4.78, 5) is 4.75. The lowest BCUT2D eigenvalue weighted by Crippen LogP contribution is -2.26. The second kappa shape index (κ2) is 6.56. The van der Waals surface area contributed by atoms with E-state index in [1.54, 1.807) is 0 Å². The third-order valence-corrected chi connectivity index (χ3v) is 10.4. The van der Waals surface area contributed by atoms with Gasteiger partial charge in [-0.2, -0.15) is 0 Å². The van der Waals surface area contributed by atoms with E-state index in [9.17, 15) is 0 Å². The predicted octanol–water partition coefficient (Wildman–Crippen LogP) is 2.94. The van der Waals surface area contributed by atoms with Crippen molar-refractivity contribution in [3.05, 3.63) is 0 Å². The Bertz CT molecular complexity index is 169. The van der Waals surface area contributed by atoms with Crippen LogP contribution in [-0.4, -0.2) is 55.2 Å². The Kier molecular flexibility index (Phi) is 5.74. The molecule has 0 atom stereocenters. The maximum atomic E-state index is 2.38. The lowest BCUT2D eigenvalue weighted by molar-refractivity contribution is 0.463. The van der Waals surface area contributed by atoms with E-state index < -0.39 is 0 Å². The molecule has 2 aliphatic rings. The fourth-order valence-corrected chi connectivity index (χ4v) is 9.12. The molecule has 0 aromatic rings. The Morgan fingerprint density at radius 1 is 0.800 bits per heavy atom. The molecule has 0 unspecified atom stereocenters. The summed E-state index contributed by atoms with van der Waals surface area (Å²) >= 11 is 10.5. The van der Waals surface area contributed by atoms with Crippen LogP contribution in [0.2, 0.25) is 0 Å². The third-order valence-electron chi connectivity index (χ3n) is 1.95. The number of thioether (sulfide) groups is 5. The highest BCUT2D eigenvalue weighted by Gasteiger charge is 2.25. The van der Waals surface area contributed by atoms with Gasteiger partial charge in [-0.1, -0.05) is 0 Å². The van der Waals surface area contributed by atoms with Crippen LogP contribution in [0.4, 0.5) is 0 Å². The monoisotopic (exact) mass is 300 g/mol. The van der Waals surface area contributed by atoms with Crippen molar-refractivity contribution in [3.8, 4) is 0 Å². The molecule has 2 nitrogen and oxygen atoms in total. The van der Waals surface area contributed by atoms with E-state index in [0.29, 0.717) is 0 Å². The average molecular weight is 301 g/mol. The second-order valence-corrected chi connectivity index (χ2v) is 10.9. The molecule has 0 saturated carbocycles. The summed E-state index contributed by atoms with van der Waals surface area (Å²) in [5.74, 6) is 4.75. The van der Waals surface area contributed by atoms with Crippen molar-refractivity contribution in [2.75, 3.05) is 37.6 Å². The van der Waals surface area contributed by atoms with Gasteiger partial charge in [0.2, 0.25) is 0 Å². The van der Waals surface area contributed by atoms with Crippen molar-refractivity contribution in [1.82, 2.24) is 9.80 Å². The van der Waals surface area contributed by atoms with E-state index in [4.69, 9.17) is 0 Å². The van der Waals surface area contributed by atoms with Crippen molar-refractivity contribution in [2.45, 2.75) is 7.83 Å². The van der Waals surface area contributed by atoms with Crippen LogP contribution in [0.1, 0.15) is 0 Å². The van der Waals surface area contributed by atoms with E-state index in [2.05, 4.69) is 82.7 Å². The Labute approximate surface area is 113 Å². The molecule has 0 aliphatic carbocycles. The Hall–Kier alpha value is 1.67. The fraction of sp³-hybridized carbons (Fsp3) is 1.00. The number of hydrogen-bond acceptors (Lipinski definition) is 7. The SMILES string of the molecule is CN1CSC(SC2SCN(C)CS2)SC1. The van der Waals surface area contributed by atoms with Gasteiger partial charge in [0.15, 0.2) is 0 Å². The van der Waals surface area contributed by atoms with Crippen molar-refractivity contribution in [2.24, 2.45) is 0 Å². The molecule has 0 N–H and O–H groups in total. The van der Waals surface area contributed by atoms with Crippen LogP contribution in [-0.2, 0) is 0 Å². The summed E-state index contributed by atoms with van der Waals surface area (Å²) in [5.41, 5.74) is 0. The lowest BCUT2D eigenvalue weighted by Gasteiger charge is -2.32. The largest absolute Gasteiger partial charge is 0.288 e. The first-order valence-electron chi connectivity index (χ1n) is 4.73. The van der Waals surface area contributed by atoms with Crippen molar-refractivity contribution < 1.29 is 0 Å². The van der Waals surface area contributed by atoms with Gasteiger partial charge in [-0.25, -0.2) is 0 Å². The highest BCUT2D eigenvalue weighted by molar-refractivity contribution is 8.41. The van der Waals surface area contributed by atoms with Gasteiger partial charge in [0.25, 0.3) is 0 Å². The first kappa shape index (κ1) is 13.1. The second-order valence-electron chi connectivity index (χ2n) is 3.61. The molecule has 0 amide bonds. The quantitative estimate of drug-likeness (QED) is 0.763. The fourth-order valence-electron chi connectivity index (χ4n) is 1.17. The average Bonchev–Trinajstić information content (AvgIpc) is 2.25. The molecule has 7 heteroatoms. The molecule has 2 saturated heterocycles. The molecule has 2 aliphatic heterocycles. The van der Waals surface area contributed by atoms with E-state index in [-0.39, 0.29) is 0 Å². The van der Waals surface area contributed by atoms with Crippen LogP contribution in [0.5, 0.6) is 0 Å². The first-order valence-corrected chi connectivity index (χ1v) is 9.87. The van der Waals surface area contributed by atoms with E-state index in [1.165, 1.54) is 23.5 Å². The molecule has 15 heavy (non-hydrogen) atoms. The maximum absolute atomic E-state index is 2.38. The van der Waals surface area contributed by atoms with E-state index >= 15 is 0 Å². The Balaban J connectivity index is 1.68. The zero-order valence-corrected chi connectivity index (χ0v) is 13.0. The van der Waals surface area contributed by atoms with Gasteiger partial charge in [0.1, 0.15) is 7.83 Å². The molecule has 0 radical (unpaired) electrons. The molecule has 2 rings (SSSR count). The predicted molar refractivity (Wildman–Crippen MR) is 80.5 cm³/mol. The van der Waals surface area contributed by atoms with Gasteiger partial charge in [-0.3, -0.25) is 9.80 Å². The van der Waals surface area contributed by atoms with Crippen LogP contribution in [0, 0.1) is 0 Å². The molecule has 0 bridgehead atoms. The van der Waals surface area contributed by atoms with Gasteiger partial charge in [0.05, 0.1) is 0 Å². The zero-order valence-electron chi connectivity index (χ0n) is 8.92. The van der Waals surface area contributed by atoms with Crippen LogP contribution in [0.25, 0.3) is 0 Å². The van der Waals surface area contributed by atoms with Gasteiger partial charge >= 0.3 is 0 Å². The van der Waals surface area contributed by atoms with Gasteiger partial charge in [0, 0.05) is 23.5 Å². The summed E-state index contributed by atoms with van der Waals surface area (Å²) < 4.78 is 1.49. The van der Waals surface area contributed by atoms with Crippen LogP contribution < -0.4 is 0 Å². The van der Waals surface area contributed by atoms with Crippen molar-refractivity contribution in [3.63, 3.8) is 0 Å². The van der Waals surface area contributed by atoms with Crippen LogP contribution in [0.3, 0.4) is 0 Å². The van der Waals surface area contributed by atoms with Gasteiger partial charge < -0.3 is 0 Å². The summed E-state index contributed by atoms with van der Waals surface area (Å²) in [6.07, 6.45) is 0. The number of nitrogens with zero attached hydrogens (tertiary/aromatic N) is 2. The molecule has 0 spiro atoms. The minimum absolute atomic E-state index is 0.745. The van der Waals surface area contributed by atoms with E-state index in [1.807, 2.05) is 0 Å². The molecule has 0 aromatic carbocycles. The van der Waals surface area contributed by atoms with Crippen molar-refractivity contribution in [1.29, 1.82) is 0 Å². The van der Waals surface area contributed by atoms with Gasteiger partial charge in [-0.15, -0.1) is 58.8 Å². The summed E-state index contributed by atoms with van der Waals surface area (Å²) in [6, 6.07) is 0. The first-order chi connectivity index (χ1) is 7.24. The highest BCUT2D eigenvalue weighted by atomic mass is 32.3. The normalized spacial score (nSPS) is 28.4. The molecule has 0 aromatic heterocycles. The minimum Gasteiger partial charge on any atom is -0.288 e. The van der Waals surface area contributed by atoms with Gasteiger partial charge in [-0.05, 0) is 14.1 Å². The van der Waals surface area contributed by atoms with Crippen LogP contribution >= 0.6 is 58.8 Å². The van der Waals surface area contributed by atoms with E-state index in [0.717, 1.165) is 7.83 Å². The summed E-state index contributed by atoms with van der Waals surface area (Å²) in [6.45, 7) is 0. The molecule has 2 heterocycles. The minimum atomic E-state index is 0.745.